The van der Waals surface area contributed by atoms with Gasteiger partial charge in [-0.15, -0.1) is 0 Å². The third-order valence-corrected chi connectivity index (χ3v) is 7.79. The van der Waals surface area contributed by atoms with Gasteiger partial charge in [0.15, 0.2) is 0 Å². The third-order valence-electron chi connectivity index (χ3n) is 7.79. The summed E-state index contributed by atoms with van der Waals surface area (Å²) >= 11 is 0. The lowest BCUT2D eigenvalue weighted by Crippen LogP contribution is -2.40. The summed E-state index contributed by atoms with van der Waals surface area (Å²) in [6, 6.07) is 22.6. The fourth-order valence-corrected chi connectivity index (χ4v) is 5.37. The Morgan fingerprint density at radius 3 is 2.33 bits per heavy atom. The van der Waals surface area contributed by atoms with Gasteiger partial charge in [-0.1, -0.05) is 48.9 Å². The molecule has 3 aromatic rings. The average Bonchev–Trinajstić information content (AvgIpc) is 3.08. The van der Waals surface area contributed by atoms with Crippen molar-refractivity contribution in [3.8, 4) is 11.5 Å². The first-order valence-corrected chi connectivity index (χ1v) is 15.5. The first kappa shape index (κ1) is 33.5. The van der Waals surface area contributed by atoms with Crippen LogP contribution in [0.15, 0.2) is 72.8 Å². The highest BCUT2D eigenvalue weighted by molar-refractivity contribution is 6.00. The lowest BCUT2D eigenvalue weighted by Gasteiger charge is -2.28. The number of hydrogen-bond donors (Lipinski definition) is 1. The van der Waals surface area contributed by atoms with Gasteiger partial charge in [-0.05, 0) is 73.6 Å². The van der Waals surface area contributed by atoms with Crippen molar-refractivity contribution in [3.05, 3.63) is 95.1 Å². The van der Waals surface area contributed by atoms with Crippen LogP contribution < -0.4 is 14.8 Å². The molecular weight excluding hydrogens is 574 g/mol. The molecule has 0 heterocycles. The van der Waals surface area contributed by atoms with E-state index < -0.39 is 5.97 Å². The topological polar surface area (TPSA) is 109 Å². The molecule has 240 valence electrons. The van der Waals surface area contributed by atoms with E-state index >= 15 is 0 Å². The lowest BCUT2D eigenvalue weighted by molar-refractivity contribution is -0.146. The van der Waals surface area contributed by atoms with Crippen molar-refractivity contribution in [1.29, 1.82) is 0 Å². The standard InChI is InChI=1S/C36H43NO8/c1-41-35(39)28-12-6-13-30(23-28)37-34(38)32-24-29(36(40)42-2)16-19-33(32)45-21-7-11-26-14-17-31(18-15-26)44-22-8-20-43-25-27-9-4-3-5-10-27/h3-5,9-10,14-19,24,28,30H,6-8,11-13,20-23,25H2,1-2H3,(H,37,38). The second-order valence-electron chi connectivity index (χ2n) is 11.1. The van der Waals surface area contributed by atoms with E-state index in [2.05, 4.69) is 5.32 Å². The Bertz CT molecular complexity index is 1380. The van der Waals surface area contributed by atoms with Crippen LogP contribution in [0.5, 0.6) is 11.5 Å². The number of carbonyl (C=O) groups is 3. The van der Waals surface area contributed by atoms with E-state index in [1.165, 1.54) is 20.3 Å². The van der Waals surface area contributed by atoms with Crippen LogP contribution in [0.25, 0.3) is 0 Å². The molecular formula is C36H43NO8. The van der Waals surface area contributed by atoms with Gasteiger partial charge in [-0.3, -0.25) is 9.59 Å². The molecule has 1 amide bonds. The normalized spacial score (nSPS) is 16.0. The van der Waals surface area contributed by atoms with E-state index in [0.717, 1.165) is 55.4 Å². The fraction of sp³-hybridized carbons (Fsp3) is 0.417. The average molecular weight is 618 g/mol. The van der Waals surface area contributed by atoms with E-state index in [0.29, 0.717) is 38.6 Å². The van der Waals surface area contributed by atoms with Crippen molar-refractivity contribution < 1.29 is 38.1 Å². The van der Waals surface area contributed by atoms with E-state index in [1.807, 2.05) is 54.6 Å². The Morgan fingerprint density at radius 1 is 0.800 bits per heavy atom. The summed E-state index contributed by atoms with van der Waals surface area (Å²) in [5.74, 6) is -0.190. The third kappa shape index (κ3) is 10.6. The zero-order valence-corrected chi connectivity index (χ0v) is 26.1. The van der Waals surface area contributed by atoms with Gasteiger partial charge >= 0.3 is 11.9 Å². The number of methoxy groups -OCH3 is 2. The number of amides is 1. The Balaban J connectivity index is 1.22. The van der Waals surface area contributed by atoms with E-state index in [9.17, 15) is 14.4 Å². The molecule has 9 heteroatoms. The Kier molecular flexibility index (Phi) is 13.3. The minimum Gasteiger partial charge on any atom is -0.494 e. The van der Waals surface area contributed by atoms with Gasteiger partial charge in [0.05, 0.1) is 57.7 Å². The van der Waals surface area contributed by atoms with Gasteiger partial charge in [-0.2, -0.15) is 0 Å². The molecule has 0 bridgehead atoms. The second-order valence-corrected chi connectivity index (χ2v) is 11.1. The molecule has 3 aromatic carbocycles. The first-order valence-electron chi connectivity index (χ1n) is 15.5. The van der Waals surface area contributed by atoms with Crippen LogP contribution >= 0.6 is 0 Å². The molecule has 45 heavy (non-hydrogen) atoms. The smallest absolute Gasteiger partial charge is 0.337 e. The number of carbonyl (C=O) groups excluding carboxylic acids is 3. The van der Waals surface area contributed by atoms with Gasteiger partial charge < -0.3 is 29.0 Å². The highest BCUT2D eigenvalue weighted by Crippen LogP contribution is 2.27. The van der Waals surface area contributed by atoms with Crippen molar-refractivity contribution >= 4 is 17.8 Å². The lowest BCUT2D eigenvalue weighted by atomic mass is 9.85. The number of ether oxygens (including phenoxy) is 5. The molecule has 1 fully saturated rings. The summed E-state index contributed by atoms with van der Waals surface area (Å²) in [5.41, 5.74) is 2.82. The number of esters is 2. The molecule has 0 spiro atoms. The number of benzene rings is 3. The van der Waals surface area contributed by atoms with Gasteiger partial charge in [0.25, 0.3) is 5.91 Å². The summed E-state index contributed by atoms with van der Waals surface area (Å²) in [5, 5.41) is 3.02. The Morgan fingerprint density at radius 2 is 1.58 bits per heavy atom. The molecule has 0 aliphatic heterocycles. The maximum absolute atomic E-state index is 13.3. The zero-order valence-electron chi connectivity index (χ0n) is 26.1. The molecule has 2 unspecified atom stereocenters. The van der Waals surface area contributed by atoms with Crippen molar-refractivity contribution in [2.24, 2.45) is 5.92 Å². The summed E-state index contributed by atoms with van der Waals surface area (Å²) in [6.07, 6.45) is 5.15. The largest absolute Gasteiger partial charge is 0.494 e. The molecule has 1 aliphatic rings. The predicted molar refractivity (Wildman–Crippen MR) is 169 cm³/mol. The monoisotopic (exact) mass is 617 g/mol. The van der Waals surface area contributed by atoms with Crippen molar-refractivity contribution in [3.63, 3.8) is 0 Å². The van der Waals surface area contributed by atoms with Crippen LogP contribution in [0, 0.1) is 5.92 Å². The summed E-state index contributed by atoms with van der Waals surface area (Å²) in [4.78, 5) is 37.5. The quantitative estimate of drug-likeness (QED) is 0.156. The van der Waals surface area contributed by atoms with Crippen LogP contribution in [-0.2, 0) is 32.0 Å². The van der Waals surface area contributed by atoms with Crippen LogP contribution in [0.2, 0.25) is 0 Å². The summed E-state index contributed by atoms with van der Waals surface area (Å²) in [7, 11) is 2.67. The Hall–Kier alpha value is -4.37. The number of rotatable bonds is 16. The minimum absolute atomic E-state index is 0.176. The predicted octanol–water partition coefficient (Wildman–Crippen LogP) is 5.93. The molecule has 0 aromatic heterocycles. The number of hydrogen-bond acceptors (Lipinski definition) is 8. The molecule has 1 N–H and O–H groups in total. The van der Waals surface area contributed by atoms with Gasteiger partial charge in [0, 0.05) is 12.5 Å². The summed E-state index contributed by atoms with van der Waals surface area (Å²) < 4.78 is 27.3. The zero-order chi connectivity index (χ0) is 31.9. The van der Waals surface area contributed by atoms with E-state index in [-0.39, 0.29) is 35.0 Å². The van der Waals surface area contributed by atoms with Gasteiger partial charge in [0.1, 0.15) is 11.5 Å². The van der Waals surface area contributed by atoms with Crippen LogP contribution in [-0.4, -0.2) is 57.9 Å². The first-order chi connectivity index (χ1) is 22.0. The van der Waals surface area contributed by atoms with Gasteiger partial charge in [0.2, 0.25) is 0 Å². The second kappa shape index (κ2) is 17.8. The van der Waals surface area contributed by atoms with Crippen LogP contribution in [0.4, 0.5) is 0 Å². The maximum Gasteiger partial charge on any atom is 0.337 e. The van der Waals surface area contributed by atoms with Crippen molar-refractivity contribution in [1.82, 2.24) is 5.32 Å². The molecule has 1 aliphatic carbocycles. The van der Waals surface area contributed by atoms with Gasteiger partial charge in [-0.25, -0.2) is 4.79 Å². The van der Waals surface area contributed by atoms with E-state index in [1.54, 1.807) is 12.1 Å². The molecule has 0 saturated heterocycles. The highest BCUT2D eigenvalue weighted by atomic mass is 16.5. The highest BCUT2D eigenvalue weighted by Gasteiger charge is 2.29. The molecule has 0 radical (unpaired) electrons. The molecule has 9 nitrogen and oxygen atoms in total. The van der Waals surface area contributed by atoms with E-state index in [4.69, 9.17) is 23.7 Å². The molecule has 2 atom stereocenters. The summed E-state index contributed by atoms with van der Waals surface area (Å²) in [6.45, 7) is 2.20. The van der Waals surface area contributed by atoms with Crippen LogP contribution in [0.3, 0.4) is 0 Å². The van der Waals surface area contributed by atoms with Crippen molar-refractivity contribution in [2.45, 2.75) is 57.6 Å². The maximum atomic E-state index is 13.3. The van der Waals surface area contributed by atoms with Crippen LogP contribution in [0.1, 0.15) is 70.4 Å². The number of nitrogens with one attached hydrogen (secondary N) is 1. The molecule has 4 rings (SSSR count). The minimum atomic E-state index is -0.539. The SMILES string of the molecule is COC(=O)c1ccc(OCCCc2ccc(OCCCOCc3ccccc3)cc2)c(C(=O)NC2CCCC(C(=O)OC)C2)c1. The Labute approximate surface area is 265 Å². The fourth-order valence-electron chi connectivity index (χ4n) is 5.37. The number of aryl methyl sites for hydroxylation is 1. The van der Waals surface area contributed by atoms with Crippen molar-refractivity contribution in [2.75, 3.05) is 34.0 Å². The molecule has 1 saturated carbocycles.